The zero-order valence-corrected chi connectivity index (χ0v) is 18.3. The van der Waals surface area contributed by atoms with Crippen LogP contribution < -0.4 is 14.9 Å². The maximum Gasteiger partial charge on any atom is 0.190 e. The first-order valence-electron chi connectivity index (χ1n) is 10.6. The Kier molecular flexibility index (Phi) is 5.19. The zero-order chi connectivity index (χ0) is 22.2. The monoisotopic (exact) mass is 431 g/mol. The fourth-order valence-electron chi connectivity index (χ4n) is 4.21. The van der Waals surface area contributed by atoms with E-state index in [9.17, 15) is 4.79 Å². The fraction of sp³-hybridized carbons (Fsp3) is 0.280. The number of hydrogen-bond donors (Lipinski definition) is 1. The lowest BCUT2D eigenvalue weighted by molar-refractivity contribution is 0.207. The molecule has 1 atom stereocenters. The number of ether oxygens (including phenoxy) is 2. The molecule has 2 aromatic carbocycles. The van der Waals surface area contributed by atoms with Gasteiger partial charge in [0.05, 0.1) is 24.4 Å². The second kappa shape index (κ2) is 8.16. The van der Waals surface area contributed by atoms with Crippen LogP contribution in [0.5, 0.6) is 11.5 Å². The molecule has 0 radical (unpaired) electrons. The van der Waals surface area contributed by atoms with Crippen molar-refractivity contribution in [1.29, 1.82) is 0 Å². The zero-order valence-electron chi connectivity index (χ0n) is 18.3. The average molecular weight is 431 g/mol. The molecular weight excluding hydrogens is 406 g/mol. The Morgan fingerprint density at radius 1 is 1.19 bits per heavy atom. The molecule has 2 aromatic heterocycles. The number of pyridine rings is 1. The summed E-state index contributed by atoms with van der Waals surface area (Å²) in [5, 5.41) is 0.554. The van der Waals surface area contributed by atoms with Crippen molar-refractivity contribution in [3.05, 3.63) is 64.8 Å². The van der Waals surface area contributed by atoms with E-state index in [4.69, 9.17) is 13.9 Å². The van der Waals surface area contributed by atoms with Crippen molar-refractivity contribution in [3.8, 4) is 34.1 Å². The first-order chi connectivity index (χ1) is 15.5. The number of rotatable bonds is 5. The van der Waals surface area contributed by atoms with Crippen LogP contribution in [0.3, 0.4) is 0 Å². The van der Waals surface area contributed by atoms with E-state index in [1.165, 1.54) is 6.39 Å². The molecule has 0 spiro atoms. The van der Waals surface area contributed by atoms with Gasteiger partial charge in [-0.2, -0.15) is 0 Å². The molecule has 164 valence electrons. The molecule has 0 bridgehead atoms. The standard InChI is InChI=1S/C25H25N3O4/c1-15-4-5-16(8-23(15)32-17-6-7-28(2)13-17)20-10-22(29)18-9-19(25-12-26-14-31-25)24(30-3)11-21(18)27-20/h4-5,8-12,14,17H,6-7,13H2,1-3H3,(H,27,29). The summed E-state index contributed by atoms with van der Waals surface area (Å²) in [6, 6.07) is 11.2. The molecule has 3 heterocycles. The summed E-state index contributed by atoms with van der Waals surface area (Å²) in [7, 11) is 3.70. The van der Waals surface area contributed by atoms with Gasteiger partial charge in [-0.1, -0.05) is 12.1 Å². The van der Waals surface area contributed by atoms with Crippen LogP contribution in [0.15, 0.2) is 58.2 Å². The Hall–Kier alpha value is -3.58. The van der Waals surface area contributed by atoms with Gasteiger partial charge in [0, 0.05) is 41.9 Å². The molecule has 0 aliphatic carbocycles. The SMILES string of the molecule is COc1cc2[nH]c(-c3ccc(C)c(OC4CCN(C)C4)c3)cc(=O)c2cc1-c1cnco1. The van der Waals surface area contributed by atoms with E-state index in [0.717, 1.165) is 42.1 Å². The number of aryl methyl sites for hydroxylation is 1. The summed E-state index contributed by atoms with van der Waals surface area (Å²) < 4.78 is 17.2. The highest BCUT2D eigenvalue weighted by atomic mass is 16.5. The Balaban J connectivity index is 1.55. The number of likely N-dealkylation sites (tertiary alicyclic amines) is 1. The smallest absolute Gasteiger partial charge is 0.190 e. The quantitative estimate of drug-likeness (QED) is 0.509. The van der Waals surface area contributed by atoms with Gasteiger partial charge in [0.1, 0.15) is 17.6 Å². The van der Waals surface area contributed by atoms with E-state index < -0.39 is 0 Å². The second-order valence-electron chi connectivity index (χ2n) is 8.28. The minimum absolute atomic E-state index is 0.0855. The second-order valence-corrected chi connectivity index (χ2v) is 8.28. The molecule has 1 N–H and O–H groups in total. The number of oxazole rings is 1. The summed E-state index contributed by atoms with van der Waals surface area (Å²) in [6.45, 7) is 4.00. The molecule has 7 nitrogen and oxygen atoms in total. The van der Waals surface area contributed by atoms with Gasteiger partial charge in [-0.3, -0.25) is 4.79 Å². The van der Waals surface area contributed by atoms with Gasteiger partial charge in [0.25, 0.3) is 0 Å². The maximum absolute atomic E-state index is 13.0. The van der Waals surface area contributed by atoms with Gasteiger partial charge < -0.3 is 23.8 Å². The van der Waals surface area contributed by atoms with Gasteiger partial charge in [-0.05, 0) is 38.1 Å². The van der Waals surface area contributed by atoms with Crippen LogP contribution in [-0.4, -0.2) is 48.2 Å². The third-order valence-electron chi connectivity index (χ3n) is 5.99. The number of likely N-dealkylation sites (N-methyl/N-ethyl adjacent to an activating group) is 1. The van der Waals surface area contributed by atoms with E-state index in [1.54, 1.807) is 25.4 Å². The minimum atomic E-state index is -0.0855. The molecule has 5 rings (SSSR count). The number of benzene rings is 2. The van der Waals surface area contributed by atoms with Gasteiger partial charge in [0.2, 0.25) is 0 Å². The van der Waals surface area contributed by atoms with Crippen molar-refractivity contribution < 1.29 is 13.9 Å². The predicted molar refractivity (Wildman–Crippen MR) is 123 cm³/mol. The molecule has 1 aliphatic heterocycles. The summed E-state index contributed by atoms with van der Waals surface area (Å²) in [4.78, 5) is 22.6. The molecule has 0 saturated carbocycles. The number of nitrogens with one attached hydrogen (secondary N) is 1. The lowest BCUT2D eigenvalue weighted by atomic mass is 10.0. The highest BCUT2D eigenvalue weighted by molar-refractivity contribution is 5.88. The largest absolute Gasteiger partial charge is 0.496 e. The van der Waals surface area contributed by atoms with Crippen LogP contribution in [0.2, 0.25) is 0 Å². The summed E-state index contributed by atoms with van der Waals surface area (Å²) in [6.07, 6.45) is 4.15. The summed E-state index contributed by atoms with van der Waals surface area (Å²) in [5.41, 5.74) is 3.98. The van der Waals surface area contributed by atoms with Gasteiger partial charge >= 0.3 is 0 Å². The predicted octanol–water partition coefficient (Wildman–Crippen LogP) is 4.25. The number of nitrogens with zero attached hydrogens (tertiary/aromatic N) is 2. The third kappa shape index (κ3) is 3.76. The molecule has 1 saturated heterocycles. The van der Waals surface area contributed by atoms with E-state index in [1.807, 2.05) is 31.2 Å². The average Bonchev–Trinajstić information content (AvgIpc) is 3.46. The number of aromatic nitrogens is 2. The number of aromatic amines is 1. The highest BCUT2D eigenvalue weighted by Crippen LogP contribution is 2.34. The van der Waals surface area contributed by atoms with Gasteiger partial charge in [0.15, 0.2) is 17.6 Å². The molecule has 1 fully saturated rings. The van der Waals surface area contributed by atoms with E-state index in [-0.39, 0.29) is 11.5 Å². The van der Waals surface area contributed by atoms with Crippen LogP contribution in [0.4, 0.5) is 0 Å². The molecule has 7 heteroatoms. The number of fused-ring (bicyclic) bond motifs is 1. The molecule has 4 aromatic rings. The van der Waals surface area contributed by atoms with Crippen molar-refractivity contribution in [1.82, 2.24) is 14.9 Å². The minimum Gasteiger partial charge on any atom is -0.496 e. The molecule has 0 amide bonds. The Morgan fingerprint density at radius 3 is 2.78 bits per heavy atom. The molecule has 32 heavy (non-hydrogen) atoms. The van der Waals surface area contributed by atoms with Crippen molar-refractivity contribution in [2.75, 3.05) is 27.2 Å². The van der Waals surface area contributed by atoms with E-state index in [2.05, 4.69) is 21.9 Å². The van der Waals surface area contributed by atoms with E-state index in [0.29, 0.717) is 28.0 Å². The van der Waals surface area contributed by atoms with Gasteiger partial charge in [-0.15, -0.1) is 0 Å². The van der Waals surface area contributed by atoms with E-state index >= 15 is 0 Å². The first-order valence-corrected chi connectivity index (χ1v) is 10.6. The Labute approximate surface area is 185 Å². The topological polar surface area (TPSA) is 80.6 Å². The van der Waals surface area contributed by atoms with Crippen LogP contribution in [0.1, 0.15) is 12.0 Å². The van der Waals surface area contributed by atoms with Crippen molar-refractivity contribution in [2.45, 2.75) is 19.4 Å². The highest BCUT2D eigenvalue weighted by Gasteiger charge is 2.22. The maximum atomic E-state index is 13.0. The first kappa shape index (κ1) is 20.3. The van der Waals surface area contributed by atoms with Crippen LogP contribution in [0.25, 0.3) is 33.5 Å². The Morgan fingerprint density at radius 2 is 2.06 bits per heavy atom. The molecular formula is C25H25N3O4. The molecule has 1 unspecified atom stereocenters. The number of H-pyrrole nitrogens is 1. The number of hydrogen-bond acceptors (Lipinski definition) is 6. The van der Waals surface area contributed by atoms with Gasteiger partial charge in [-0.25, -0.2) is 4.98 Å². The van der Waals surface area contributed by atoms with Crippen LogP contribution in [0, 0.1) is 6.92 Å². The van der Waals surface area contributed by atoms with Crippen molar-refractivity contribution in [3.63, 3.8) is 0 Å². The van der Waals surface area contributed by atoms with Crippen LogP contribution in [-0.2, 0) is 0 Å². The summed E-state index contributed by atoms with van der Waals surface area (Å²) in [5.74, 6) is 1.99. The third-order valence-corrected chi connectivity index (χ3v) is 5.99. The van der Waals surface area contributed by atoms with Crippen molar-refractivity contribution >= 4 is 10.9 Å². The van der Waals surface area contributed by atoms with Crippen LogP contribution >= 0.6 is 0 Å². The number of methoxy groups -OCH3 is 1. The fourth-order valence-corrected chi connectivity index (χ4v) is 4.21. The lowest BCUT2D eigenvalue weighted by Crippen LogP contribution is -2.21. The molecule has 1 aliphatic rings. The van der Waals surface area contributed by atoms with Crippen molar-refractivity contribution in [2.24, 2.45) is 0 Å². The Bertz CT molecular complexity index is 1330. The summed E-state index contributed by atoms with van der Waals surface area (Å²) >= 11 is 0. The normalized spacial score (nSPS) is 16.5. The lowest BCUT2D eigenvalue weighted by Gasteiger charge is -2.17.